The molecule has 5 nitrogen and oxygen atoms in total. The van der Waals surface area contributed by atoms with Gasteiger partial charge in [-0.25, -0.2) is 0 Å². The summed E-state index contributed by atoms with van der Waals surface area (Å²) in [4.78, 5) is 14.1. The molecule has 0 fully saturated rings. The highest BCUT2D eigenvalue weighted by atomic mass is 32.1. The zero-order valence-electron chi connectivity index (χ0n) is 11.7. The van der Waals surface area contributed by atoms with E-state index in [0.717, 1.165) is 10.6 Å². The Morgan fingerprint density at radius 2 is 1.90 bits per heavy atom. The van der Waals surface area contributed by atoms with Crippen LogP contribution in [-0.4, -0.2) is 23.1 Å². The summed E-state index contributed by atoms with van der Waals surface area (Å²) in [5.74, 6) is 0.0360. The van der Waals surface area contributed by atoms with Crippen LogP contribution in [-0.2, 0) is 4.79 Å². The molecular formula is C14H18N2O3S. The van der Waals surface area contributed by atoms with E-state index < -0.39 is 0 Å². The molecule has 0 radical (unpaired) electrons. The molecular weight excluding hydrogens is 276 g/mol. The van der Waals surface area contributed by atoms with Crippen molar-refractivity contribution in [1.82, 2.24) is 4.98 Å². The summed E-state index contributed by atoms with van der Waals surface area (Å²) >= 11 is 1.21. The minimum atomic E-state index is -0.241. The first-order valence-electron chi connectivity index (χ1n) is 6.04. The number of amides is 1. The summed E-state index contributed by atoms with van der Waals surface area (Å²) in [5.41, 5.74) is 5.78. The Morgan fingerprint density at radius 3 is 2.30 bits per heavy atom. The van der Waals surface area contributed by atoms with Gasteiger partial charge in [-0.1, -0.05) is 55.5 Å². The van der Waals surface area contributed by atoms with E-state index in [1.54, 1.807) is 13.8 Å². The van der Waals surface area contributed by atoms with Crippen LogP contribution in [0.15, 0.2) is 30.3 Å². The zero-order valence-corrected chi connectivity index (χ0v) is 12.5. The highest BCUT2D eigenvalue weighted by molar-refractivity contribution is 7.17. The highest BCUT2D eigenvalue weighted by Crippen LogP contribution is 2.37. The molecule has 1 aromatic heterocycles. The Morgan fingerprint density at radius 1 is 1.35 bits per heavy atom. The van der Waals surface area contributed by atoms with Crippen LogP contribution in [0.3, 0.4) is 0 Å². The standard InChI is InChI=1S/C10H9NO2S.C4H9NO/c1-13-8-10(12)14-9(11-8)7-5-3-2-4-6-7;1-3(2)4(5)6/h2-6,12H,1H3;3H,1-2H3,(H2,5,6). The lowest BCUT2D eigenvalue weighted by atomic mass is 10.2. The van der Waals surface area contributed by atoms with Gasteiger partial charge in [-0.3, -0.25) is 4.79 Å². The number of thiazole rings is 1. The summed E-state index contributed by atoms with van der Waals surface area (Å²) in [6.07, 6.45) is 0. The highest BCUT2D eigenvalue weighted by Gasteiger charge is 2.10. The Balaban J connectivity index is 0.000000286. The molecule has 0 saturated heterocycles. The second-order valence-corrected chi connectivity index (χ2v) is 5.23. The van der Waals surface area contributed by atoms with Crippen molar-refractivity contribution in [2.24, 2.45) is 11.7 Å². The second-order valence-electron chi connectivity index (χ2n) is 4.26. The minimum Gasteiger partial charge on any atom is -0.496 e. The number of ether oxygens (including phenoxy) is 1. The number of rotatable bonds is 3. The van der Waals surface area contributed by atoms with Gasteiger partial charge in [-0.15, -0.1) is 0 Å². The number of hydrogen-bond donors (Lipinski definition) is 2. The number of nitrogens with two attached hydrogens (primary N) is 1. The first-order valence-corrected chi connectivity index (χ1v) is 6.85. The lowest BCUT2D eigenvalue weighted by Crippen LogP contribution is -2.17. The summed E-state index contributed by atoms with van der Waals surface area (Å²) in [6.45, 7) is 3.53. The van der Waals surface area contributed by atoms with Crippen molar-refractivity contribution in [1.29, 1.82) is 0 Å². The Hall–Kier alpha value is -2.08. The van der Waals surface area contributed by atoms with E-state index >= 15 is 0 Å². The molecule has 0 aliphatic carbocycles. The van der Waals surface area contributed by atoms with Gasteiger partial charge in [0.15, 0.2) is 0 Å². The normalized spacial score (nSPS) is 9.80. The number of aromatic nitrogens is 1. The Labute approximate surface area is 122 Å². The first-order chi connectivity index (χ1) is 9.45. The number of benzene rings is 1. The van der Waals surface area contributed by atoms with Crippen molar-refractivity contribution in [2.45, 2.75) is 13.8 Å². The van der Waals surface area contributed by atoms with Gasteiger partial charge in [0.1, 0.15) is 5.01 Å². The fourth-order valence-corrected chi connectivity index (χ4v) is 1.92. The maximum atomic E-state index is 9.92. The minimum absolute atomic E-state index is 0.00926. The average molecular weight is 294 g/mol. The molecule has 1 heterocycles. The molecule has 1 amide bonds. The summed E-state index contributed by atoms with van der Waals surface area (Å²) < 4.78 is 4.90. The predicted octanol–water partition coefficient (Wildman–Crippen LogP) is 2.65. The molecule has 0 spiro atoms. The van der Waals surface area contributed by atoms with Gasteiger partial charge in [0, 0.05) is 11.5 Å². The SMILES string of the molecule is CC(C)C(N)=O.COc1nc(-c2ccccc2)sc1O. The van der Waals surface area contributed by atoms with Crippen LogP contribution in [0.1, 0.15) is 13.8 Å². The Kier molecular flexibility index (Phi) is 5.99. The monoisotopic (exact) mass is 294 g/mol. The van der Waals surface area contributed by atoms with Crippen molar-refractivity contribution in [3.63, 3.8) is 0 Å². The zero-order chi connectivity index (χ0) is 15.1. The molecule has 108 valence electrons. The molecule has 0 bridgehead atoms. The number of carbonyl (C=O) groups is 1. The quantitative estimate of drug-likeness (QED) is 0.911. The van der Waals surface area contributed by atoms with E-state index in [0.29, 0.717) is 0 Å². The van der Waals surface area contributed by atoms with Gasteiger partial charge < -0.3 is 15.6 Å². The van der Waals surface area contributed by atoms with Crippen LogP contribution in [0.5, 0.6) is 10.9 Å². The van der Waals surface area contributed by atoms with E-state index in [9.17, 15) is 9.90 Å². The molecule has 6 heteroatoms. The third kappa shape index (κ3) is 4.55. The van der Waals surface area contributed by atoms with Crippen LogP contribution < -0.4 is 10.5 Å². The van der Waals surface area contributed by atoms with E-state index in [-0.39, 0.29) is 22.8 Å². The van der Waals surface area contributed by atoms with Crippen molar-refractivity contribution in [3.8, 4) is 21.5 Å². The first kappa shape index (κ1) is 16.0. The molecule has 2 rings (SSSR count). The smallest absolute Gasteiger partial charge is 0.269 e. The lowest BCUT2D eigenvalue weighted by Gasteiger charge is -1.93. The van der Waals surface area contributed by atoms with Gasteiger partial charge in [0.05, 0.1) is 7.11 Å². The van der Waals surface area contributed by atoms with E-state index in [1.165, 1.54) is 18.4 Å². The fourth-order valence-electron chi connectivity index (χ4n) is 1.14. The van der Waals surface area contributed by atoms with Crippen LogP contribution in [0.2, 0.25) is 0 Å². The predicted molar refractivity (Wildman–Crippen MR) is 79.8 cm³/mol. The lowest BCUT2D eigenvalue weighted by molar-refractivity contribution is -0.120. The number of hydrogen-bond acceptors (Lipinski definition) is 5. The number of methoxy groups -OCH3 is 1. The molecule has 0 saturated carbocycles. The molecule has 3 N–H and O–H groups in total. The Bertz CT molecular complexity index is 553. The van der Waals surface area contributed by atoms with E-state index in [4.69, 9.17) is 10.5 Å². The van der Waals surface area contributed by atoms with Gasteiger partial charge in [-0.05, 0) is 0 Å². The molecule has 20 heavy (non-hydrogen) atoms. The molecule has 0 unspecified atom stereocenters. The van der Waals surface area contributed by atoms with Crippen LogP contribution in [0.4, 0.5) is 0 Å². The van der Waals surface area contributed by atoms with Crippen molar-refractivity contribution in [2.75, 3.05) is 7.11 Å². The molecule has 1 aromatic carbocycles. The third-order valence-electron chi connectivity index (χ3n) is 2.36. The van der Waals surface area contributed by atoms with Gasteiger partial charge in [0.2, 0.25) is 11.0 Å². The number of primary amides is 1. The summed E-state index contributed by atoms with van der Waals surface area (Å²) in [6, 6.07) is 9.68. The van der Waals surface area contributed by atoms with Crippen LogP contribution >= 0.6 is 11.3 Å². The van der Waals surface area contributed by atoms with Crippen molar-refractivity contribution < 1.29 is 14.6 Å². The number of aromatic hydroxyl groups is 1. The molecule has 0 aliphatic rings. The van der Waals surface area contributed by atoms with Crippen LogP contribution in [0, 0.1) is 5.92 Å². The summed E-state index contributed by atoms with van der Waals surface area (Å²) in [5, 5.41) is 10.3. The van der Waals surface area contributed by atoms with E-state index in [1.807, 2.05) is 30.3 Å². The number of nitrogens with zero attached hydrogens (tertiary/aromatic N) is 1. The molecule has 2 aromatic rings. The summed E-state index contributed by atoms with van der Waals surface area (Å²) in [7, 11) is 1.49. The fraction of sp³-hybridized carbons (Fsp3) is 0.286. The van der Waals surface area contributed by atoms with Gasteiger partial charge in [-0.2, -0.15) is 4.98 Å². The molecule has 0 atom stereocenters. The van der Waals surface area contributed by atoms with E-state index in [2.05, 4.69) is 4.98 Å². The number of carbonyl (C=O) groups excluding carboxylic acids is 1. The maximum Gasteiger partial charge on any atom is 0.269 e. The third-order valence-corrected chi connectivity index (χ3v) is 3.25. The average Bonchev–Trinajstić information content (AvgIpc) is 2.81. The molecule has 0 aliphatic heterocycles. The van der Waals surface area contributed by atoms with Gasteiger partial charge in [0.25, 0.3) is 5.88 Å². The second kappa shape index (κ2) is 7.49. The maximum absolute atomic E-state index is 9.92. The topological polar surface area (TPSA) is 85.4 Å². The van der Waals surface area contributed by atoms with Crippen molar-refractivity contribution in [3.05, 3.63) is 30.3 Å². The van der Waals surface area contributed by atoms with Crippen molar-refractivity contribution >= 4 is 17.2 Å². The van der Waals surface area contributed by atoms with Crippen LogP contribution in [0.25, 0.3) is 10.6 Å². The van der Waals surface area contributed by atoms with Gasteiger partial charge >= 0.3 is 0 Å². The largest absolute Gasteiger partial charge is 0.496 e.